The molecule has 0 saturated heterocycles. The van der Waals surface area contributed by atoms with Gasteiger partial charge < -0.3 is 0 Å². The zero-order valence-electron chi connectivity index (χ0n) is 17.6. The summed E-state index contributed by atoms with van der Waals surface area (Å²) in [5.74, 6) is 1.81. The van der Waals surface area contributed by atoms with E-state index in [2.05, 4.69) is 103 Å². The summed E-state index contributed by atoms with van der Waals surface area (Å²) in [6, 6.07) is 37.0. The maximum atomic E-state index is 6.42. The number of fused-ring (bicyclic) bond motifs is 6. The van der Waals surface area contributed by atoms with E-state index >= 15 is 0 Å². The molecule has 0 unspecified atom stereocenters. The van der Waals surface area contributed by atoms with E-state index in [1.54, 1.807) is 0 Å². The van der Waals surface area contributed by atoms with Gasteiger partial charge in [-0.05, 0) is 87.7 Å². The highest BCUT2D eigenvalue weighted by atomic mass is 16.3. The Morgan fingerprint density at radius 2 is 0.875 bits per heavy atom. The van der Waals surface area contributed by atoms with Crippen LogP contribution in [0.4, 0.5) is 0 Å². The quantitative estimate of drug-likeness (QED) is 0.263. The molecule has 150 valence electrons. The number of hydrogen-bond acceptors (Lipinski definition) is 0. The Morgan fingerprint density at radius 3 is 1.41 bits per heavy atom. The molecule has 1 aromatic heterocycles. The molecular formula is C31H21O+. The minimum atomic E-state index is 0.907. The van der Waals surface area contributed by atoms with Crippen LogP contribution in [-0.4, -0.2) is 0 Å². The van der Waals surface area contributed by atoms with Gasteiger partial charge in [0.1, 0.15) is 0 Å². The minimum absolute atomic E-state index is 0.907. The Morgan fingerprint density at radius 1 is 0.406 bits per heavy atom. The molecule has 0 N–H and O–H groups in total. The summed E-state index contributed by atoms with van der Waals surface area (Å²) in [6.45, 7) is 0. The second kappa shape index (κ2) is 6.77. The summed E-state index contributed by atoms with van der Waals surface area (Å²) in [7, 11) is 0. The van der Waals surface area contributed by atoms with Crippen LogP contribution in [0, 0.1) is 0 Å². The van der Waals surface area contributed by atoms with Crippen LogP contribution in [0.2, 0.25) is 0 Å². The van der Waals surface area contributed by atoms with Crippen molar-refractivity contribution in [3.05, 3.63) is 125 Å². The molecule has 0 aliphatic heterocycles. The molecule has 1 nitrogen and oxygen atoms in total. The lowest BCUT2D eigenvalue weighted by molar-refractivity contribution is 0.582. The molecule has 0 bridgehead atoms. The molecule has 0 atom stereocenters. The van der Waals surface area contributed by atoms with Crippen LogP contribution in [-0.2, 0) is 12.8 Å². The highest BCUT2D eigenvalue weighted by Crippen LogP contribution is 2.40. The summed E-state index contributed by atoms with van der Waals surface area (Å²) in [4.78, 5) is 0. The van der Waals surface area contributed by atoms with Crippen LogP contribution in [0.25, 0.3) is 44.9 Å². The van der Waals surface area contributed by atoms with Gasteiger partial charge in [0.15, 0.2) is 0 Å². The Labute approximate surface area is 187 Å². The summed E-state index contributed by atoms with van der Waals surface area (Å²) < 4.78 is 6.42. The fourth-order valence-corrected chi connectivity index (χ4v) is 5.32. The van der Waals surface area contributed by atoms with Gasteiger partial charge in [-0.25, -0.2) is 4.42 Å². The van der Waals surface area contributed by atoms with Crippen molar-refractivity contribution in [2.45, 2.75) is 12.8 Å². The molecular weight excluding hydrogens is 388 g/mol. The molecule has 0 saturated carbocycles. The molecule has 32 heavy (non-hydrogen) atoms. The van der Waals surface area contributed by atoms with Crippen molar-refractivity contribution in [3.8, 4) is 44.9 Å². The molecule has 0 spiro atoms. The zero-order chi connectivity index (χ0) is 21.1. The van der Waals surface area contributed by atoms with Crippen molar-refractivity contribution in [1.82, 2.24) is 0 Å². The van der Waals surface area contributed by atoms with E-state index in [0.717, 1.165) is 35.5 Å². The largest absolute Gasteiger partial charge is 0.360 e. The third kappa shape index (κ3) is 2.68. The van der Waals surface area contributed by atoms with Crippen LogP contribution >= 0.6 is 0 Å². The van der Waals surface area contributed by atoms with E-state index in [-0.39, 0.29) is 0 Å². The van der Waals surface area contributed by atoms with Crippen molar-refractivity contribution in [1.29, 1.82) is 0 Å². The second-order valence-electron chi connectivity index (χ2n) is 8.77. The summed E-state index contributed by atoms with van der Waals surface area (Å²) >= 11 is 0. The van der Waals surface area contributed by atoms with Gasteiger partial charge in [0, 0.05) is 12.1 Å². The van der Waals surface area contributed by atoms with Crippen molar-refractivity contribution in [3.63, 3.8) is 0 Å². The van der Waals surface area contributed by atoms with Crippen LogP contribution in [0.5, 0.6) is 0 Å². The van der Waals surface area contributed by atoms with Gasteiger partial charge in [0.05, 0.1) is 11.1 Å². The molecule has 1 heteroatoms. The van der Waals surface area contributed by atoms with Gasteiger partial charge in [-0.2, -0.15) is 0 Å². The van der Waals surface area contributed by atoms with Crippen molar-refractivity contribution in [2.75, 3.05) is 0 Å². The maximum absolute atomic E-state index is 6.42. The van der Waals surface area contributed by atoms with Crippen molar-refractivity contribution < 1.29 is 4.42 Å². The number of rotatable bonds is 2. The van der Waals surface area contributed by atoms with E-state index in [0.29, 0.717) is 0 Å². The van der Waals surface area contributed by atoms with Crippen molar-refractivity contribution in [2.24, 2.45) is 0 Å². The van der Waals surface area contributed by atoms with Gasteiger partial charge in [0.25, 0.3) is 0 Å². The van der Waals surface area contributed by atoms with Gasteiger partial charge in [-0.3, -0.25) is 0 Å². The normalized spacial score (nSPS) is 12.8. The molecule has 0 fully saturated rings. The molecule has 0 amide bonds. The lowest BCUT2D eigenvalue weighted by Gasteiger charge is -2.03. The molecule has 2 aliphatic rings. The Balaban J connectivity index is 1.25. The van der Waals surface area contributed by atoms with Crippen LogP contribution in [0.3, 0.4) is 0 Å². The predicted octanol–water partition coefficient (Wildman–Crippen LogP) is 8.04. The van der Waals surface area contributed by atoms with Crippen molar-refractivity contribution >= 4 is 0 Å². The first kappa shape index (κ1) is 17.7. The van der Waals surface area contributed by atoms with Gasteiger partial charge in [-0.15, -0.1) is 0 Å². The average molecular weight is 410 g/mol. The number of benzene rings is 4. The first-order valence-corrected chi connectivity index (χ1v) is 11.2. The fourth-order valence-electron chi connectivity index (χ4n) is 5.32. The lowest BCUT2D eigenvalue weighted by Crippen LogP contribution is -1.86. The second-order valence-corrected chi connectivity index (χ2v) is 8.77. The summed E-state index contributed by atoms with van der Waals surface area (Å²) in [6.07, 6.45) is 1.98. The Bertz CT molecular complexity index is 1410. The smallest absolute Gasteiger partial charge is 0.207 e. The van der Waals surface area contributed by atoms with Crippen LogP contribution in [0.1, 0.15) is 22.3 Å². The molecule has 0 radical (unpaired) electrons. The number of hydrogen-bond donors (Lipinski definition) is 0. The standard InChI is InChI=1S/C31H21O/c1-3-8-26-20(6-1)16-24-18-22(12-14-28(24)26)30-10-5-11-31(32-30)23-13-15-29-25(19-23)17-21-7-2-4-9-27(21)29/h1-15,18-19H,16-17H2/q+1. The van der Waals surface area contributed by atoms with E-state index in [1.165, 1.54) is 44.5 Å². The third-order valence-electron chi connectivity index (χ3n) is 6.87. The highest BCUT2D eigenvalue weighted by Gasteiger charge is 2.24. The van der Waals surface area contributed by atoms with Crippen LogP contribution in [0.15, 0.2) is 108 Å². The first-order chi connectivity index (χ1) is 15.8. The Hall–Kier alpha value is -3.97. The average Bonchev–Trinajstić information content (AvgIpc) is 3.41. The topological polar surface area (TPSA) is 11.3 Å². The molecule has 7 rings (SSSR count). The lowest BCUT2D eigenvalue weighted by atomic mass is 10.0. The fraction of sp³-hybridized carbons (Fsp3) is 0.0645. The molecule has 5 aromatic rings. The van der Waals surface area contributed by atoms with Gasteiger partial charge in [-0.1, -0.05) is 60.7 Å². The zero-order valence-corrected chi connectivity index (χ0v) is 17.6. The monoisotopic (exact) mass is 409 g/mol. The maximum Gasteiger partial charge on any atom is 0.360 e. The van der Waals surface area contributed by atoms with Gasteiger partial charge >= 0.3 is 11.5 Å². The summed E-state index contributed by atoms with van der Waals surface area (Å²) in [5, 5.41) is 0. The molecule has 4 aromatic carbocycles. The van der Waals surface area contributed by atoms with E-state index in [9.17, 15) is 0 Å². The predicted molar refractivity (Wildman–Crippen MR) is 130 cm³/mol. The van der Waals surface area contributed by atoms with E-state index in [1.807, 2.05) is 0 Å². The van der Waals surface area contributed by atoms with Crippen LogP contribution < -0.4 is 0 Å². The first-order valence-electron chi connectivity index (χ1n) is 11.2. The third-order valence-corrected chi connectivity index (χ3v) is 6.87. The molecule has 1 heterocycles. The summed E-state index contributed by atoms with van der Waals surface area (Å²) in [5.41, 5.74) is 13.2. The minimum Gasteiger partial charge on any atom is -0.207 e. The Kier molecular flexibility index (Phi) is 3.74. The van der Waals surface area contributed by atoms with E-state index in [4.69, 9.17) is 4.42 Å². The van der Waals surface area contributed by atoms with E-state index < -0.39 is 0 Å². The molecule has 2 aliphatic carbocycles. The van der Waals surface area contributed by atoms with Gasteiger partial charge in [0.2, 0.25) is 0 Å². The SMILES string of the molecule is c1cc(-c2ccc3c(c2)Cc2ccccc2-3)[o+]c(-c2ccc3c(c2)Cc2ccccc2-3)c1. The highest BCUT2D eigenvalue weighted by molar-refractivity contribution is 5.81.